The summed E-state index contributed by atoms with van der Waals surface area (Å²) in [7, 11) is -4.51. The summed E-state index contributed by atoms with van der Waals surface area (Å²) in [5.74, 6) is -0.950. The summed E-state index contributed by atoms with van der Waals surface area (Å²) in [6.07, 6.45) is -1.48. The predicted octanol–water partition coefficient (Wildman–Crippen LogP) is 2.76. The second kappa shape index (κ2) is 5.33. The first-order valence-corrected chi connectivity index (χ1v) is 6.32. The molecular formula is C10H10F4O4S. The predicted molar refractivity (Wildman–Crippen MR) is 57.4 cm³/mol. The van der Waals surface area contributed by atoms with Gasteiger partial charge in [-0.1, -0.05) is 6.07 Å². The summed E-state index contributed by atoms with van der Waals surface area (Å²) in [5, 5.41) is 0. The molecule has 1 aromatic rings. The molecule has 0 saturated carbocycles. The summed E-state index contributed by atoms with van der Waals surface area (Å²) >= 11 is 0. The van der Waals surface area contributed by atoms with E-state index >= 15 is 0 Å². The molecule has 0 aromatic heterocycles. The number of ether oxygens (including phenoxy) is 1. The van der Waals surface area contributed by atoms with E-state index in [1.54, 1.807) is 0 Å². The fourth-order valence-corrected chi connectivity index (χ4v) is 1.84. The molecule has 0 bridgehead atoms. The molecule has 0 fully saturated rings. The fourth-order valence-electron chi connectivity index (χ4n) is 1.24. The lowest BCUT2D eigenvalue weighted by atomic mass is 10.1. The normalized spacial score (nSPS) is 14.2. The molecule has 0 aliphatic carbocycles. The molecule has 108 valence electrons. The Balaban J connectivity index is 2.97. The molecule has 0 N–H and O–H groups in total. The first kappa shape index (κ1) is 15.7. The van der Waals surface area contributed by atoms with Gasteiger partial charge >= 0.3 is 15.6 Å². The maximum atomic E-state index is 13.3. The SMILES string of the molecule is COc1ccc(C(C)OS(=O)(=O)C(F)(F)F)cc1F. The van der Waals surface area contributed by atoms with Crippen molar-refractivity contribution in [3.8, 4) is 5.75 Å². The first-order chi connectivity index (χ1) is 8.58. The smallest absolute Gasteiger partial charge is 0.494 e. The molecule has 19 heavy (non-hydrogen) atoms. The van der Waals surface area contributed by atoms with Crippen LogP contribution in [0.15, 0.2) is 18.2 Å². The van der Waals surface area contributed by atoms with Crippen molar-refractivity contribution in [2.75, 3.05) is 7.11 Å². The summed E-state index contributed by atoms with van der Waals surface area (Å²) in [5.41, 5.74) is -5.59. The Bertz CT molecular complexity index is 553. The summed E-state index contributed by atoms with van der Waals surface area (Å²) in [6.45, 7) is 1.06. The quantitative estimate of drug-likeness (QED) is 0.487. The third-order valence-electron chi connectivity index (χ3n) is 2.20. The topological polar surface area (TPSA) is 52.6 Å². The van der Waals surface area contributed by atoms with Crippen molar-refractivity contribution in [3.05, 3.63) is 29.6 Å². The molecular weight excluding hydrogens is 292 g/mol. The molecule has 0 heterocycles. The van der Waals surface area contributed by atoms with Gasteiger partial charge in [-0.05, 0) is 24.6 Å². The highest BCUT2D eigenvalue weighted by atomic mass is 32.2. The monoisotopic (exact) mass is 302 g/mol. The average molecular weight is 302 g/mol. The summed E-state index contributed by atoms with van der Waals surface area (Å²) in [6, 6.07) is 3.21. The van der Waals surface area contributed by atoms with Gasteiger partial charge < -0.3 is 4.74 Å². The van der Waals surface area contributed by atoms with Crippen LogP contribution in [-0.2, 0) is 14.3 Å². The zero-order valence-electron chi connectivity index (χ0n) is 9.86. The maximum absolute atomic E-state index is 13.3. The number of hydrogen-bond donors (Lipinski definition) is 0. The number of rotatable bonds is 4. The van der Waals surface area contributed by atoms with Crippen molar-refractivity contribution in [3.63, 3.8) is 0 Å². The largest absolute Gasteiger partial charge is 0.523 e. The van der Waals surface area contributed by atoms with Crippen LogP contribution < -0.4 is 4.74 Å². The highest BCUT2D eigenvalue weighted by molar-refractivity contribution is 7.87. The molecule has 0 aliphatic rings. The van der Waals surface area contributed by atoms with Gasteiger partial charge in [0, 0.05) is 0 Å². The van der Waals surface area contributed by atoms with E-state index in [4.69, 9.17) is 0 Å². The lowest BCUT2D eigenvalue weighted by Gasteiger charge is -2.15. The van der Waals surface area contributed by atoms with E-state index in [2.05, 4.69) is 8.92 Å². The molecule has 1 aromatic carbocycles. The van der Waals surface area contributed by atoms with Crippen LogP contribution in [0.5, 0.6) is 5.75 Å². The van der Waals surface area contributed by atoms with Crippen LogP contribution in [0.4, 0.5) is 17.6 Å². The van der Waals surface area contributed by atoms with Gasteiger partial charge in [0.15, 0.2) is 11.6 Å². The van der Waals surface area contributed by atoms with Crippen molar-refractivity contribution < 1.29 is 34.9 Å². The van der Waals surface area contributed by atoms with E-state index in [-0.39, 0.29) is 11.3 Å². The van der Waals surface area contributed by atoms with Crippen LogP contribution in [0.3, 0.4) is 0 Å². The van der Waals surface area contributed by atoms with Gasteiger partial charge in [-0.25, -0.2) is 4.39 Å². The second-order valence-corrected chi connectivity index (χ2v) is 5.10. The Morgan fingerprint density at radius 3 is 2.26 bits per heavy atom. The summed E-state index contributed by atoms with van der Waals surface area (Å²) < 4.78 is 79.8. The lowest BCUT2D eigenvalue weighted by molar-refractivity contribution is -0.0569. The Morgan fingerprint density at radius 1 is 1.26 bits per heavy atom. The van der Waals surface area contributed by atoms with Crippen molar-refractivity contribution in [2.24, 2.45) is 0 Å². The van der Waals surface area contributed by atoms with Gasteiger partial charge in [0.25, 0.3) is 0 Å². The minimum atomic E-state index is -5.73. The standard InChI is InChI=1S/C10H10F4O4S/c1-6(18-19(15,16)10(12,13)14)7-3-4-9(17-2)8(11)5-7/h3-6H,1-2H3. The van der Waals surface area contributed by atoms with Crippen LogP contribution in [0.1, 0.15) is 18.6 Å². The van der Waals surface area contributed by atoms with Gasteiger partial charge in [0.2, 0.25) is 0 Å². The number of benzene rings is 1. The van der Waals surface area contributed by atoms with Gasteiger partial charge in [-0.15, -0.1) is 0 Å². The molecule has 4 nitrogen and oxygen atoms in total. The molecule has 1 unspecified atom stereocenters. The van der Waals surface area contributed by atoms with E-state index in [1.807, 2.05) is 0 Å². The molecule has 0 radical (unpaired) electrons. The lowest BCUT2D eigenvalue weighted by Crippen LogP contribution is -2.26. The third kappa shape index (κ3) is 3.57. The third-order valence-corrected chi connectivity index (χ3v) is 3.31. The molecule has 9 heteroatoms. The van der Waals surface area contributed by atoms with Crippen LogP contribution >= 0.6 is 0 Å². The number of methoxy groups -OCH3 is 1. The first-order valence-electron chi connectivity index (χ1n) is 4.91. The molecule has 0 saturated heterocycles. The van der Waals surface area contributed by atoms with E-state index in [1.165, 1.54) is 13.2 Å². The van der Waals surface area contributed by atoms with Crippen molar-refractivity contribution in [1.29, 1.82) is 0 Å². The molecule has 0 aliphatic heterocycles. The minimum absolute atomic E-state index is 0.0638. The second-order valence-electron chi connectivity index (χ2n) is 3.53. The Kier molecular flexibility index (Phi) is 4.41. The van der Waals surface area contributed by atoms with Crippen LogP contribution in [0.25, 0.3) is 0 Å². The van der Waals surface area contributed by atoms with E-state index in [0.717, 1.165) is 19.1 Å². The van der Waals surface area contributed by atoms with E-state index in [0.29, 0.717) is 0 Å². The van der Waals surface area contributed by atoms with Crippen LogP contribution in [0.2, 0.25) is 0 Å². The van der Waals surface area contributed by atoms with Crippen molar-refractivity contribution in [2.45, 2.75) is 18.5 Å². The summed E-state index contributed by atoms with van der Waals surface area (Å²) in [4.78, 5) is 0. The zero-order chi connectivity index (χ0) is 14.8. The van der Waals surface area contributed by atoms with E-state index in [9.17, 15) is 26.0 Å². The highest BCUT2D eigenvalue weighted by Crippen LogP contribution is 2.31. The Morgan fingerprint density at radius 2 is 1.84 bits per heavy atom. The van der Waals surface area contributed by atoms with Gasteiger partial charge in [-0.3, -0.25) is 4.18 Å². The Hall–Kier alpha value is -1.35. The molecule has 0 amide bonds. The van der Waals surface area contributed by atoms with Crippen LogP contribution in [0, 0.1) is 5.82 Å². The minimum Gasteiger partial charge on any atom is -0.494 e. The molecule has 1 rings (SSSR count). The number of alkyl halides is 3. The van der Waals surface area contributed by atoms with Gasteiger partial charge in [-0.2, -0.15) is 21.6 Å². The van der Waals surface area contributed by atoms with Crippen molar-refractivity contribution >= 4 is 10.1 Å². The maximum Gasteiger partial charge on any atom is 0.523 e. The Labute approximate surface area is 107 Å². The molecule has 1 atom stereocenters. The highest BCUT2D eigenvalue weighted by Gasteiger charge is 2.48. The van der Waals surface area contributed by atoms with Gasteiger partial charge in [0.1, 0.15) is 0 Å². The van der Waals surface area contributed by atoms with Crippen LogP contribution in [-0.4, -0.2) is 21.0 Å². The number of halogens is 4. The number of hydrogen-bond acceptors (Lipinski definition) is 4. The van der Waals surface area contributed by atoms with Gasteiger partial charge in [0.05, 0.1) is 13.2 Å². The van der Waals surface area contributed by atoms with E-state index < -0.39 is 27.5 Å². The molecule has 0 spiro atoms. The zero-order valence-corrected chi connectivity index (χ0v) is 10.7. The fraction of sp³-hybridized carbons (Fsp3) is 0.400. The average Bonchev–Trinajstić information content (AvgIpc) is 2.26. The van der Waals surface area contributed by atoms with Crippen molar-refractivity contribution in [1.82, 2.24) is 0 Å².